The molecule has 3 rings (SSSR count). The summed E-state index contributed by atoms with van der Waals surface area (Å²) in [6.07, 6.45) is 10.7. The molecule has 0 unspecified atom stereocenters. The zero-order chi connectivity index (χ0) is 19.1. The van der Waals surface area contributed by atoms with E-state index in [1.807, 2.05) is 6.20 Å². The van der Waals surface area contributed by atoms with Gasteiger partial charge >= 0.3 is 0 Å². The molecule has 8 nitrogen and oxygen atoms in total. The highest BCUT2D eigenvalue weighted by atomic mass is 16.2. The highest BCUT2D eigenvalue weighted by Crippen LogP contribution is 2.16. The van der Waals surface area contributed by atoms with Gasteiger partial charge in [0, 0.05) is 51.1 Å². The Morgan fingerprint density at radius 1 is 1.26 bits per heavy atom. The summed E-state index contributed by atoms with van der Waals surface area (Å²) in [6, 6.07) is 1.58. The maximum Gasteiger partial charge on any atom is 0.269 e. The summed E-state index contributed by atoms with van der Waals surface area (Å²) >= 11 is 0. The molecular formula is C19H28N6O2. The third-order valence-electron chi connectivity index (χ3n) is 4.89. The van der Waals surface area contributed by atoms with Crippen molar-refractivity contribution in [2.45, 2.75) is 52.1 Å². The largest absolute Gasteiger partial charge is 0.370 e. The molecule has 3 heterocycles. The molecule has 1 amide bonds. The second kappa shape index (κ2) is 9.34. The van der Waals surface area contributed by atoms with E-state index in [4.69, 9.17) is 0 Å². The number of carbonyl (C=O) groups is 1. The van der Waals surface area contributed by atoms with Crippen LogP contribution in [0.2, 0.25) is 0 Å². The number of piperidine rings is 1. The first-order chi connectivity index (χ1) is 13.2. The van der Waals surface area contributed by atoms with E-state index in [1.165, 1.54) is 11.1 Å². The molecule has 0 aromatic carbocycles. The number of imidazole rings is 1. The third kappa shape index (κ3) is 5.18. The SMILES string of the molecule is CCc1nccn1CCCNC(=O)Cn1ncc(N2CCCCC2)cc1=O. The van der Waals surface area contributed by atoms with Crippen molar-refractivity contribution in [3.8, 4) is 0 Å². The van der Waals surface area contributed by atoms with Gasteiger partial charge in [-0.1, -0.05) is 6.92 Å². The highest BCUT2D eigenvalue weighted by molar-refractivity contribution is 5.75. The minimum Gasteiger partial charge on any atom is -0.370 e. The molecule has 2 aromatic rings. The van der Waals surface area contributed by atoms with Crippen molar-refractivity contribution < 1.29 is 4.79 Å². The van der Waals surface area contributed by atoms with Gasteiger partial charge in [-0.25, -0.2) is 9.67 Å². The van der Waals surface area contributed by atoms with Crippen LogP contribution in [0.25, 0.3) is 0 Å². The van der Waals surface area contributed by atoms with Crippen LogP contribution < -0.4 is 15.8 Å². The summed E-state index contributed by atoms with van der Waals surface area (Å²) in [6.45, 7) is 5.31. The van der Waals surface area contributed by atoms with E-state index < -0.39 is 0 Å². The topological polar surface area (TPSA) is 85.1 Å². The Bertz CT molecular complexity index is 807. The summed E-state index contributed by atoms with van der Waals surface area (Å²) < 4.78 is 3.31. The number of amides is 1. The molecule has 1 fully saturated rings. The number of hydrogen-bond acceptors (Lipinski definition) is 5. The van der Waals surface area contributed by atoms with Crippen molar-refractivity contribution in [1.29, 1.82) is 0 Å². The van der Waals surface area contributed by atoms with Gasteiger partial charge in [0.1, 0.15) is 12.4 Å². The second-order valence-electron chi connectivity index (χ2n) is 6.85. The number of rotatable bonds is 8. The number of aryl methyl sites for hydroxylation is 2. The first-order valence-corrected chi connectivity index (χ1v) is 9.76. The van der Waals surface area contributed by atoms with Crippen LogP contribution in [0.4, 0.5) is 5.69 Å². The molecule has 1 aliphatic rings. The molecule has 0 aliphatic carbocycles. The zero-order valence-corrected chi connectivity index (χ0v) is 15.9. The average molecular weight is 372 g/mol. The molecule has 0 bridgehead atoms. The van der Waals surface area contributed by atoms with E-state index in [9.17, 15) is 9.59 Å². The van der Waals surface area contributed by atoms with E-state index in [0.29, 0.717) is 6.54 Å². The summed E-state index contributed by atoms with van der Waals surface area (Å²) in [5.41, 5.74) is 0.614. The molecule has 0 atom stereocenters. The molecule has 0 spiro atoms. The number of anilines is 1. The first kappa shape index (κ1) is 19.1. The standard InChI is InChI=1S/C19H28N6O2/c1-2-17-20-8-12-24(17)11-6-7-21-18(26)15-25-19(27)13-16(14-22-25)23-9-4-3-5-10-23/h8,12-14H,2-7,9-11,15H2,1H3,(H,21,26). The van der Waals surface area contributed by atoms with Gasteiger partial charge in [-0.2, -0.15) is 5.10 Å². The summed E-state index contributed by atoms with van der Waals surface area (Å²) in [4.78, 5) is 30.8. The molecule has 146 valence electrons. The van der Waals surface area contributed by atoms with E-state index in [-0.39, 0.29) is 18.0 Å². The Morgan fingerprint density at radius 3 is 2.81 bits per heavy atom. The molecule has 1 saturated heterocycles. The van der Waals surface area contributed by atoms with Crippen LogP contribution in [0.5, 0.6) is 0 Å². The third-order valence-corrected chi connectivity index (χ3v) is 4.89. The number of nitrogens with zero attached hydrogens (tertiary/aromatic N) is 5. The van der Waals surface area contributed by atoms with Gasteiger partial charge in [-0.15, -0.1) is 0 Å². The molecule has 8 heteroatoms. The van der Waals surface area contributed by atoms with Crippen LogP contribution in [0.1, 0.15) is 38.4 Å². The lowest BCUT2D eigenvalue weighted by molar-refractivity contribution is -0.121. The summed E-state index contributed by atoms with van der Waals surface area (Å²) in [5.74, 6) is 0.850. The minimum absolute atomic E-state index is 0.0512. The van der Waals surface area contributed by atoms with Crippen molar-refractivity contribution in [3.63, 3.8) is 0 Å². The monoisotopic (exact) mass is 372 g/mol. The lowest BCUT2D eigenvalue weighted by Gasteiger charge is -2.28. The smallest absolute Gasteiger partial charge is 0.269 e. The molecule has 2 aromatic heterocycles. The fourth-order valence-electron chi connectivity index (χ4n) is 3.39. The van der Waals surface area contributed by atoms with Crippen LogP contribution in [-0.4, -0.2) is 44.9 Å². The van der Waals surface area contributed by atoms with Crippen molar-refractivity contribution in [2.24, 2.45) is 0 Å². The van der Waals surface area contributed by atoms with Gasteiger partial charge in [-0.3, -0.25) is 9.59 Å². The number of aromatic nitrogens is 4. The van der Waals surface area contributed by atoms with Gasteiger partial charge in [0.05, 0.1) is 11.9 Å². The van der Waals surface area contributed by atoms with Crippen molar-refractivity contribution in [2.75, 3.05) is 24.5 Å². The van der Waals surface area contributed by atoms with Gasteiger partial charge in [-0.05, 0) is 25.7 Å². The Morgan fingerprint density at radius 2 is 2.07 bits per heavy atom. The zero-order valence-electron chi connectivity index (χ0n) is 15.9. The van der Waals surface area contributed by atoms with E-state index in [0.717, 1.165) is 56.8 Å². The van der Waals surface area contributed by atoms with Crippen molar-refractivity contribution >= 4 is 11.6 Å². The Labute approximate surface area is 159 Å². The summed E-state index contributed by atoms with van der Waals surface area (Å²) in [5, 5.41) is 7.03. The fourth-order valence-corrected chi connectivity index (χ4v) is 3.39. The van der Waals surface area contributed by atoms with Crippen molar-refractivity contribution in [1.82, 2.24) is 24.6 Å². The van der Waals surface area contributed by atoms with Gasteiger partial charge in [0.25, 0.3) is 5.56 Å². The normalized spacial score (nSPS) is 14.3. The molecule has 1 aliphatic heterocycles. The fraction of sp³-hybridized carbons (Fsp3) is 0.579. The average Bonchev–Trinajstić information content (AvgIpc) is 3.15. The van der Waals surface area contributed by atoms with E-state index >= 15 is 0 Å². The molecular weight excluding hydrogens is 344 g/mol. The Balaban J connectivity index is 1.45. The highest BCUT2D eigenvalue weighted by Gasteiger charge is 2.13. The molecule has 27 heavy (non-hydrogen) atoms. The number of hydrogen-bond donors (Lipinski definition) is 1. The van der Waals surface area contributed by atoms with E-state index in [2.05, 4.69) is 31.8 Å². The maximum absolute atomic E-state index is 12.3. The van der Waals surface area contributed by atoms with Gasteiger partial charge in [0.2, 0.25) is 5.91 Å². The molecule has 1 N–H and O–H groups in total. The van der Waals surface area contributed by atoms with Crippen LogP contribution in [0, 0.1) is 0 Å². The lowest BCUT2D eigenvalue weighted by Crippen LogP contribution is -2.35. The van der Waals surface area contributed by atoms with Crippen LogP contribution in [0.3, 0.4) is 0 Å². The molecule has 0 saturated carbocycles. The number of nitrogens with one attached hydrogen (secondary N) is 1. The van der Waals surface area contributed by atoms with Crippen LogP contribution >= 0.6 is 0 Å². The minimum atomic E-state index is -0.237. The Hall–Kier alpha value is -2.64. The van der Waals surface area contributed by atoms with Crippen LogP contribution in [-0.2, 0) is 24.3 Å². The maximum atomic E-state index is 12.3. The quantitative estimate of drug-likeness (QED) is 0.704. The predicted octanol–water partition coefficient (Wildman–Crippen LogP) is 1.20. The van der Waals surface area contributed by atoms with Crippen molar-refractivity contribution in [3.05, 3.63) is 40.8 Å². The second-order valence-corrected chi connectivity index (χ2v) is 6.85. The molecule has 0 radical (unpaired) electrons. The lowest BCUT2D eigenvalue weighted by atomic mass is 10.1. The number of carbonyl (C=O) groups excluding carboxylic acids is 1. The Kier molecular flexibility index (Phi) is 6.62. The van der Waals surface area contributed by atoms with Gasteiger partial charge < -0.3 is 14.8 Å². The first-order valence-electron chi connectivity index (χ1n) is 9.76. The van der Waals surface area contributed by atoms with Crippen LogP contribution in [0.15, 0.2) is 29.5 Å². The summed E-state index contributed by atoms with van der Waals surface area (Å²) in [7, 11) is 0. The van der Waals surface area contributed by atoms with Gasteiger partial charge in [0.15, 0.2) is 0 Å². The van der Waals surface area contributed by atoms with E-state index in [1.54, 1.807) is 18.5 Å². The predicted molar refractivity (Wildman–Crippen MR) is 104 cm³/mol.